The van der Waals surface area contributed by atoms with E-state index in [9.17, 15) is 20.0 Å². The highest BCUT2D eigenvalue weighted by Gasteiger charge is 2.48. The van der Waals surface area contributed by atoms with E-state index in [0.29, 0.717) is 23.8 Å². The standard InChI is InChI=1S/C14H17N3O4/c1-8-6-15-12(5-11(8)17(20)21)16-7-9-3-2-4-10(9)13(16)14(18)19/h5-6,9-10,13H,2-4,7H2,1H3,(H,18,19). The molecule has 0 radical (unpaired) electrons. The maximum Gasteiger partial charge on any atom is 0.326 e. The lowest BCUT2D eigenvalue weighted by Crippen LogP contribution is -2.40. The number of hydrogen-bond donors (Lipinski definition) is 1. The van der Waals surface area contributed by atoms with Crippen molar-refractivity contribution in [3.63, 3.8) is 0 Å². The van der Waals surface area contributed by atoms with Crippen molar-refractivity contribution >= 4 is 17.5 Å². The van der Waals surface area contributed by atoms with Gasteiger partial charge in [0.1, 0.15) is 11.9 Å². The van der Waals surface area contributed by atoms with Crippen molar-refractivity contribution in [3.05, 3.63) is 27.9 Å². The van der Waals surface area contributed by atoms with Crippen LogP contribution in [-0.2, 0) is 4.79 Å². The van der Waals surface area contributed by atoms with E-state index < -0.39 is 16.9 Å². The molecule has 1 saturated heterocycles. The minimum Gasteiger partial charge on any atom is -0.480 e. The first kappa shape index (κ1) is 13.8. The molecule has 1 aromatic rings. The molecule has 21 heavy (non-hydrogen) atoms. The van der Waals surface area contributed by atoms with Crippen LogP contribution in [0.4, 0.5) is 11.5 Å². The first-order valence-corrected chi connectivity index (χ1v) is 7.09. The van der Waals surface area contributed by atoms with Crippen molar-refractivity contribution < 1.29 is 14.8 Å². The van der Waals surface area contributed by atoms with Gasteiger partial charge in [0.15, 0.2) is 0 Å². The molecule has 0 spiro atoms. The fourth-order valence-electron chi connectivity index (χ4n) is 3.71. The number of aryl methyl sites for hydroxylation is 1. The van der Waals surface area contributed by atoms with E-state index in [1.54, 1.807) is 11.8 Å². The van der Waals surface area contributed by atoms with E-state index in [4.69, 9.17) is 0 Å². The molecule has 7 nitrogen and oxygen atoms in total. The van der Waals surface area contributed by atoms with Gasteiger partial charge in [-0.2, -0.15) is 0 Å². The highest BCUT2D eigenvalue weighted by molar-refractivity contribution is 5.79. The summed E-state index contributed by atoms with van der Waals surface area (Å²) in [7, 11) is 0. The lowest BCUT2D eigenvalue weighted by atomic mass is 9.94. The zero-order valence-electron chi connectivity index (χ0n) is 11.7. The maximum absolute atomic E-state index is 11.6. The number of aliphatic carboxylic acids is 1. The van der Waals surface area contributed by atoms with Gasteiger partial charge in [-0.3, -0.25) is 10.1 Å². The van der Waals surface area contributed by atoms with Crippen molar-refractivity contribution in [2.75, 3.05) is 11.4 Å². The minimum atomic E-state index is -0.866. The highest BCUT2D eigenvalue weighted by Crippen LogP contribution is 2.44. The van der Waals surface area contributed by atoms with Crippen LogP contribution in [-0.4, -0.2) is 33.6 Å². The van der Waals surface area contributed by atoms with Crippen LogP contribution in [0.25, 0.3) is 0 Å². The molecule has 1 saturated carbocycles. The number of carbonyl (C=O) groups is 1. The molecule has 1 aromatic heterocycles. The van der Waals surface area contributed by atoms with Crippen LogP contribution in [0.5, 0.6) is 0 Å². The zero-order valence-corrected chi connectivity index (χ0v) is 11.7. The molecule has 2 fully saturated rings. The Balaban J connectivity index is 1.97. The van der Waals surface area contributed by atoms with Crippen LogP contribution in [0.1, 0.15) is 24.8 Å². The van der Waals surface area contributed by atoms with Gasteiger partial charge in [0.05, 0.1) is 11.0 Å². The smallest absolute Gasteiger partial charge is 0.326 e. The predicted octanol–water partition coefficient (Wildman–Crippen LogP) is 1.99. The summed E-state index contributed by atoms with van der Waals surface area (Å²) in [6, 6.07) is 0.777. The predicted molar refractivity (Wildman–Crippen MR) is 75.2 cm³/mol. The molecule has 0 aromatic carbocycles. The van der Waals surface area contributed by atoms with Gasteiger partial charge in [-0.15, -0.1) is 0 Å². The van der Waals surface area contributed by atoms with Gasteiger partial charge in [-0.25, -0.2) is 9.78 Å². The maximum atomic E-state index is 11.6. The number of carboxylic acid groups (broad SMARTS) is 1. The number of nitrogens with zero attached hydrogens (tertiary/aromatic N) is 3. The molecule has 112 valence electrons. The van der Waals surface area contributed by atoms with Crippen LogP contribution in [0.15, 0.2) is 12.3 Å². The number of aromatic nitrogens is 1. The van der Waals surface area contributed by atoms with Gasteiger partial charge < -0.3 is 10.0 Å². The summed E-state index contributed by atoms with van der Waals surface area (Å²) in [6.07, 6.45) is 4.44. The third kappa shape index (κ3) is 2.22. The lowest BCUT2D eigenvalue weighted by Gasteiger charge is -2.25. The average molecular weight is 291 g/mol. The molecule has 3 unspecified atom stereocenters. The van der Waals surface area contributed by atoms with Crippen LogP contribution < -0.4 is 4.90 Å². The quantitative estimate of drug-likeness (QED) is 0.675. The van der Waals surface area contributed by atoms with Crippen LogP contribution in [0.3, 0.4) is 0 Å². The van der Waals surface area contributed by atoms with Crippen LogP contribution >= 0.6 is 0 Å². The Labute approximate surface area is 121 Å². The van der Waals surface area contributed by atoms with Gasteiger partial charge in [0.2, 0.25) is 0 Å². The SMILES string of the molecule is Cc1cnc(N2CC3CCCC3C2C(=O)O)cc1[N+](=O)[O-]. The number of nitro groups is 1. The molecule has 3 rings (SSSR count). The molecule has 0 bridgehead atoms. The Morgan fingerprint density at radius 2 is 2.29 bits per heavy atom. The third-order valence-corrected chi connectivity index (χ3v) is 4.69. The Kier molecular flexibility index (Phi) is 3.27. The number of anilines is 1. The first-order valence-electron chi connectivity index (χ1n) is 7.09. The van der Waals surface area contributed by atoms with Crippen molar-refractivity contribution in [3.8, 4) is 0 Å². The molecular weight excluding hydrogens is 274 g/mol. The summed E-state index contributed by atoms with van der Waals surface area (Å²) in [6.45, 7) is 2.25. The molecule has 7 heteroatoms. The lowest BCUT2D eigenvalue weighted by molar-refractivity contribution is -0.385. The van der Waals surface area contributed by atoms with Gasteiger partial charge in [-0.1, -0.05) is 6.42 Å². The molecule has 1 aliphatic heterocycles. The molecular formula is C14H17N3O4. The summed E-state index contributed by atoms with van der Waals surface area (Å²) < 4.78 is 0. The summed E-state index contributed by atoms with van der Waals surface area (Å²) in [5.74, 6) is 0.0152. The van der Waals surface area contributed by atoms with Crippen LogP contribution in [0, 0.1) is 28.9 Å². The third-order valence-electron chi connectivity index (χ3n) is 4.69. The molecule has 2 aliphatic rings. The Morgan fingerprint density at radius 3 is 2.95 bits per heavy atom. The Morgan fingerprint density at radius 1 is 1.52 bits per heavy atom. The first-order chi connectivity index (χ1) is 9.99. The van der Waals surface area contributed by atoms with E-state index in [0.717, 1.165) is 19.3 Å². The largest absolute Gasteiger partial charge is 0.480 e. The number of pyridine rings is 1. The molecule has 2 heterocycles. The topological polar surface area (TPSA) is 96.6 Å². The second kappa shape index (κ2) is 4.98. The van der Waals surface area contributed by atoms with E-state index in [1.807, 2.05) is 0 Å². The number of rotatable bonds is 3. The molecule has 3 atom stereocenters. The molecule has 1 N–H and O–H groups in total. The second-order valence-electron chi connectivity index (χ2n) is 5.88. The average Bonchev–Trinajstić information content (AvgIpc) is 2.98. The fourth-order valence-corrected chi connectivity index (χ4v) is 3.71. The monoisotopic (exact) mass is 291 g/mol. The van der Waals surface area contributed by atoms with E-state index in [1.165, 1.54) is 12.3 Å². The van der Waals surface area contributed by atoms with Gasteiger partial charge in [-0.05, 0) is 31.6 Å². The van der Waals surface area contributed by atoms with Crippen molar-refractivity contribution in [2.24, 2.45) is 11.8 Å². The van der Waals surface area contributed by atoms with Crippen molar-refractivity contribution in [1.29, 1.82) is 0 Å². The Hall–Kier alpha value is -2.18. The minimum absolute atomic E-state index is 0.0128. The number of fused-ring (bicyclic) bond motifs is 1. The summed E-state index contributed by atoms with van der Waals surface area (Å²) in [5.41, 5.74) is 0.469. The van der Waals surface area contributed by atoms with Crippen molar-refractivity contribution in [2.45, 2.75) is 32.2 Å². The summed E-state index contributed by atoms with van der Waals surface area (Å²) in [4.78, 5) is 28.1. The van der Waals surface area contributed by atoms with Crippen molar-refractivity contribution in [1.82, 2.24) is 4.98 Å². The van der Waals surface area contributed by atoms with E-state index in [-0.39, 0.29) is 11.6 Å². The van der Waals surface area contributed by atoms with Gasteiger partial charge in [0, 0.05) is 18.3 Å². The zero-order chi connectivity index (χ0) is 15.1. The fraction of sp³-hybridized carbons (Fsp3) is 0.571. The molecule has 0 amide bonds. The summed E-state index contributed by atoms with van der Waals surface area (Å²) in [5, 5.41) is 20.6. The van der Waals surface area contributed by atoms with Crippen LogP contribution in [0.2, 0.25) is 0 Å². The number of hydrogen-bond acceptors (Lipinski definition) is 5. The summed E-state index contributed by atoms with van der Waals surface area (Å²) >= 11 is 0. The Bertz CT molecular complexity index is 604. The van der Waals surface area contributed by atoms with E-state index in [2.05, 4.69) is 4.98 Å². The van der Waals surface area contributed by atoms with Gasteiger partial charge >= 0.3 is 5.97 Å². The van der Waals surface area contributed by atoms with E-state index >= 15 is 0 Å². The molecule has 1 aliphatic carbocycles. The second-order valence-corrected chi connectivity index (χ2v) is 5.88. The highest BCUT2D eigenvalue weighted by atomic mass is 16.6. The normalized spacial score (nSPS) is 27.7. The van der Waals surface area contributed by atoms with Gasteiger partial charge in [0.25, 0.3) is 5.69 Å². The number of carboxylic acids is 1.